The average molecular weight is 868 g/mol. The number of fused-ring (bicyclic) bond motifs is 6. The first-order chi connectivity index (χ1) is 31.9. The number of anilines is 3. The van der Waals surface area contributed by atoms with Crippen LogP contribution in [0.3, 0.4) is 0 Å². The molecule has 0 amide bonds. The Morgan fingerprint density at radius 3 is 1.39 bits per heavy atom. The fraction of sp³-hybridized carbons (Fsp3) is 0.354. The van der Waals surface area contributed by atoms with E-state index in [0.29, 0.717) is 0 Å². The van der Waals surface area contributed by atoms with Crippen LogP contribution in [0, 0.1) is 13.8 Å². The number of hydrogen-bond acceptors (Lipinski definition) is 1. The topological polar surface area (TPSA) is 3.24 Å². The van der Waals surface area contributed by atoms with Crippen molar-refractivity contribution in [3.05, 3.63) is 184 Å². The Morgan fingerprint density at radius 1 is 0.364 bits per heavy atom. The minimum Gasteiger partial charge on any atom is -0.310 e. The Kier molecular flexibility index (Phi) is 13.0. The van der Waals surface area contributed by atoms with E-state index in [1.54, 1.807) is 0 Å². The summed E-state index contributed by atoms with van der Waals surface area (Å²) in [6, 6.07) is 52.4. The van der Waals surface area contributed by atoms with Crippen LogP contribution in [0.15, 0.2) is 133 Å². The maximum Gasteiger partial charge on any atom is 0.0465 e. The van der Waals surface area contributed by atoms with Crippen LogP contribution in [0.2, 0.25) is 0 Å². The number of nitrogens with zero attached hydrogens (tertiary/aromatic N) is 1. The van der Waals surface area contributed by atoms with Crippen LogP contribution in [0.4, 0.5) is 17.1 Å². The van der Waals surface area contributed by atoms with Crippen molar-refractivity contribution in [1.82, 2.24) is 0 Å². The van der Waals surface area contributed by atoms with E-state index in [-0.39, 0.29) is 10.8 Å². The summed E-state index contributed by atoms with van der Waals surface area (Å²) in [5.41, 5.74) is 26.9. The lowest BCUT2D eigenvalue weighted by molar-refractivity contribution is 0.659. The highest BCUT2D eigenvalue weighted by Gasteiger charge is 2.38. The van der Waals surface area contributed by atoms with Gasteiger partial charge in [-0.1, -0.05) is 190 Å². The van der Waals surface area contributed by atoms with Crippen molar-refractivity contribution in [2.45, 2.75) is 150 Å². The van der Waals surface area contributed by atoms with E-state index in [9.17, 15) is 0 Å². The molecule has 1 heteroatoms. The third kappa shape index (κ3) is 8.60. The summed E-state index contributed by atoms with van der Waals surface area (Å²) in [6.07, 6.45) is 14.9. The van der Waals surface area contributed by atoms with Crippen molar-refractivity contribution in [1.29, 1.82) is 0 Å². The molecule has 0 radical (unpaired) electrons. The van der Waals surface area contributed by atoms with Crippen LogP contribution in [0.1, 0.15) is 156 Å². The minimum atomic E-state index is -0.176. The van der Waals surface area contributed by atoms with Crippen molar-refractivity contribution >= 4 is 17.1 Å². The molecule has 2 aliphatic rings. The number of aryl methyl sites for hydroxylation is 5. The molecule has 0 unspecified atom stereocenters. The molecule has 1 nitrogen and oxygen atoms in total. The molecule has 0 saturated carbocycles. The van der Waals surface area contributed by atoms with Gasteiger partial charge in [0.2, 0.25) is 0 Å². The Morgan fingerprint density at radius 2 is 0.833 bits per heavy atom. The van der Waals surface area contributed by atoms with E-state index in [2.05, 4.69) is 201 Å². The maximum atomic E-state index is 2.58. The fourth-order valence-corrected chi connectivity index (χ4v) is 11.5. The zero-order valence-electron chi connectivity index (χ0n) is 41.6. The van der Waals surface area contributed by atoms with Gasteiger partial charge in [-0.05, 0) is 177 Å². The van der Waals surface area contributed by atoms with E-state index in [4.69, 9.17) is 0 Å². The molecular formula is C65H73N. The smallest absolute Gasteiger partial charge is 0.0465 e. The Hall–Kier alpha value is -5.66. The van der Waals surface area contributed by atoms with Gasteiger partial charge in [-0.3, -0.25) is 0 Å². The molecule has 0 heterocycles. The highest BCUT2D eigenvalue weighted by Crippen LogP contribution is 2.54. The van der Waals surface area contributed by atoms with Gasteiger partial charge in [0, 0.05) is 27.9 Å². The largest absolute Gasteiger partial charge is 0.310 e. The summed E-state index contributed by atoms with van der Waals surface area (Å²) in [5.74, 6) is 0. The van der Waals surface area contributed by atoms with Crippen molar-refractivity contribution in [3.8, 4) is 44.5 Å². The van der Waals surface area contributed by atoms with Gasteiger partial charge in [0.1, 0.15) is 0 Å². The molecule has 0 saturated heterocycles. The van der Waals surface area contributed by atoms with Crippen LogP contribution in [-0.4, -0.2) is 0 Å². The Labute approximate surface area is 398 Å². The molecule has 0 spiro atoms. The first-order valence-electron chi connectivity index (χ1n) is 25.6. The first kappa shape index (κ1) is 45.5. The molecule has 338 valence electrons. The molecule has 0 atom stereocenters. The van der Waals surface area contributed by atoms with Gasteiger partial charge in [0.05, 0.1) is 0 Å². The second-order valence-electron chi connectivity index (χ2n) is 20.9. The summed E-state index contributed by atoms with van der Waals surface area (Å²) in [4.78, 5) is 2.50. The van der Waals surface area contributed by atoms with Gasteiger partial charge < -0.3 is 4.90 Å². The third-order valence-corrected chi connectivity index (χ3v) is 15.4. The Bertz CT molecular complexity index is 2850. The predicted octanol–water partition coefficient (Wildman–Crippen LogP) is 18.9. The molecule has 7 aromatic carbocycles. The maximum absolute atomic E-state index is 2.58. The Balaban J connectivity index is 1.11. The van der Waals surface area contributed by atoms with Crippen LogP contribution >= 0.6 is 0 Å². The third-order valence-electron chi connectivity index (χ3n) is 15.4. The average Bonchev–Trinajstić information content (AvgIpc) is 3.68. The monoisotopic (exact) mass is 868 g/mol. The quantitative estimate of drug-likeness (QED) is 0.0824. The lowest BCUT2D eigenvalue weighted by Crippen LogP contribution is -2.18. The van der Waals surface area contributed by atoms with Gasteiger partial charge in [-0.2, -0.15) is 0 Å². The van der Waals surface area contributed by atoms with Crippen LogP contribution < -0.4 is 4.90 Å². The van der Waals surface area contributed by atoms with Gasteiger partial charge in [-0.15, -0.1) is 0 Å². The molecule has 0 aromatic heterocycles. The number of benzene rings is 7. The molecule has 2 aliphatic carbocycles. The van der Waals surface area contributed by atoms with Crippen LogP contribution in [0.25, 0.3) is 44.5 Å². The van der Waals surface area contributed by atoms with Crippen LogP contribution in [0.5, 0.6) is 0 Å². The summed E-state index contributed by atoms with van der Waals surface area (Å²) in [6.45, 7) is 21.1. The van der Waals surface area contributed by atoms with Crippen molar-refractivity contribution in [2.75, 3.05) is 4.90 Å². The normalized spacial score (nSPS) is 13.9. The first-order valence-corrected chi connectivity index (χ1v) is 25.6. The van der Waals surface area contributed by atoms with E-state index >= 15 is 0 Å². The van der Waals surface area contributed by atoms with E-state index in [0.717, 1.165) is 24.9 Å². The van der Waals surface area contributed by atoms with E-state index < -0.39 is 0 Å². The molecule has 0 aliphatic heterocycles. The zero-order chi connectivity index (χ0) is 46.2. The molecule has 0 fully saturated rings. The molecule has 0 N–H and O–H groups in total. The number of hydrogen-bond donors (Lipinski definition) is 0. The zero-order valence-corrected chi connectivity index (χ0v) is 41.6. The van der Waals surface area contributed by atoms with Gasteiger partial charge in [0.25, 0.3) is 0 Å². The second kappa shape index (κ2) is 18.9. The molecule has 9 rings (SSSR count). The van der Waals surface area contributed by atoms with Gasteiger partial charge in [-0.25, -0.2) is 0 Å². The minimum absolute atomic E-state index is 0.103. The summed E-state index contributed by atoms with van der Waals surface area (Å²) in [7, 11) is 0. The van der Waals surface area contributed by atoms with Crippen molar-refractivity contribution in [2.24, 2.45) is 0 Å². The summed E-state index contributed by atoms with van der Waals surface area (Å²) in [5, 5.41) is 0. The summed E-state index contributed by atoms with van der Waals surface area (Å²) < 4.78 is 0. The van der Waals surface area contributed by atoms with E-state index in [1.165, 1.54) is 164 Å². The highest BCUT2D eigenvalue weighted by molar-refractivity contribution is 5.90. The molecular weight excluding hydrogens is 795 g/mol. The predicted molar refractivity (Wildman–Crippen MR) is 286 cm³/mol. The lowest BCUT2D eigenvalue weighted by Gasteiger charge is -2.30. The number of unbranched alkanes of at least 4 members (excludes halogenated alkanes) is 6. The van der Waals surface area contributed by atoms with Crippen molar-refractivity contribution in [3.63, 3.8) is 0 Å². The molecule has 66 heavy (non-hydrogen) atoms. The van der Waals surface area contributed by atoms with Gasteiger partial charge in [0.15, 0.2) is 0 Å². The second-order valence-corrected chi connectivity index (χ2v) is 20.9. The SMILES string of the molecule is CCCCCCc1cc(-c2ccc3c(c2)C(C)(C)c2cc(N(c4ccc(-c5ccc(CCC)cc5)cc4)c4ccc5c(c4)C(C)(C)c4cc(C)ccc4-5)ccc2-3)c(CCCCCC)cc1C. The van der Waals surface area contributed by atoms with Crippen LogP contribution in [-0.2, 0) is 30.1 Å². The standard InChI is InChI=1S/C65H73N/c1-10-13-15-17-20-49-40-59(50(39-45(49)5)21-18-16-14-11-2)51-29-35-56-58-37-33-54(43-63(58)65(8,9)61(56)41-51)66(52-30-27-48(28-31-52)47-25-23-46(19-12-3)24-26-47)53-32-36-57-55-34-22-44(4)38-60(55)64(6,7)62(57)42-53/h22-43H,10-21H2,1-9H3. The molecule has 0 bridgehead atoms. The molecule has 7 aromatic rings. The lowest BCUT2D eigenvalue weighted by atomic mass is 9.80. The summed E-state index contributed by atoms with van der Waals surface area (Å²) >= 11 is 0. The van der Waals surface area contributed by atoms with E-state index in [1.807, 2.05) is 0 Å². The van der Waals surface area contributed by atoms with Gasteiger partial charge >= 0.3 is 0 Å². The fourth-order valence-electron chi connectivity index (χ4n) is 11.5. The highest BCUT2D eigenvalue weighted by atomic mass is 15.1. The van der Waals surface area contributed by atoms with Crippen molar-refractivity contribution < 1.29 is 0 Å². The number of rotatable bonds is 17.